The lowest BCUT2D eigenvalue weighted by molar-refractivity contribution is 1.41. The predicted octanol–water partition coefficient (Wildman–Crippen LogP) is 10.3. The summed E-state index contributed by atoms with van der Waals surface area (Å²) in [6.07, 6.45) is 0. The van der Waals surface area contributed by atoms with Gasteiger partial charge in [-0.2, -0.15) is 0 Å². The lowest BCUT2D eigenvalue weighted by Crippen LogP contribution is -1.89. The number of hydrogen-bond acceptors (Lipinski definition) is 0. The van der Waals surface area contributed by atoms with E-state index in [1.54, 1.807) is 0 Å². The zero-order valence-corrected chi connectivity index (χ0v) is 20.9. The second kappa shape index (κ2) is 5.97. The minimum absolute atomic E-state index is 1.37. The highest BCUT2D eigenvalue weighted by Crippen LogP contribution is 2.57. The molecule has 0 nitrogen and oxygen atoms in total. The fourth-order valence-electron chi connectivity index (χ4n) is 7.73. The first kappa shape index (κ1) is 19.1. The third-order valence-corrected chi connectivity index (χ3v) is 9.22. The largest absolute Gasteiger partial charge is 0.0584 e. The number of fused-ring (bicyclic) bond motifs is 8. The van der Waals surface area contributed by atoms with Crippen LogP contribution in [-0.2, 0) is 0 Å². The maximum Gasteiger partial charge on any atom is -0.00137 e. The van der Waals surface area contributed by atoms with Crippen LogP contribution in [0.15, 0.2) is 72.8 Å². The molecule has 7 aromatic carbocycles. The Balaban J connectivity index is 1.52. The van der Waals surface area contributed by atoms with Crippen molar-refractivity contribution in [2.24, 2.45) is 0 Å². The molecule has 168 valence electrons. The van der Waals surface area contributed by atoms with E-state index >= 15 is 0 Å². The Morgan fingerprint density at radius 1 is 0.278 bits per heavy atom. The summed E-state index contributed by atoms with van der Waals surface area (Å²) in [6.45, 7) is 9.03. The average Bonchev–Trinajstić information content (AvgIpc) is 3.43. The van der Waals surface area contributed by atoms with Crippen LogP contribution in [0, 0.1) is 27.7 Å². The van der Waals surface area contributed by atoms with Crippen LogP contribution in [0.4, 0.5) is 0 Å². The van der Waals surface area contributed by atoms with Crippen molar-refractivity contribution in [2.75, 3.05) is 0 Å². The van der Waals surface area contributed by atoms with Crippen molar-refractivity contribution in [3.8, 4) is 44.5 Å². The van der Waals surface area contributed by atoms with Gasteiger partial charge < -0.3 is 0 Å². The summed E-state index contributed by atoms with van der Waals surface area (Å²) in [6, 6.07) is 28.3. The fraction of sp³-hybridized carbons (Fsp3) is 0.111. The molecule has 0 saturated carbocycles. The van der Waals surface area contributed by atoms with E-state index in [4.69, 9.17) is 0 Å². The molecule has 0 atom stereocenters. The lowest BCUT2D eigenvalue weighted by atomic mass is 9.86. The smallest absolute Gasteiger partial charge is 0.00137 e. The third-order valence-electron chi connectivity index (χ3n) is 9.22. The van der Waals surface area contributed by atoms with E-state index in [0.717, 1.165) is 0 Å². The van der Waals surface area contributed by atoms with E-state index in [1.807, 2.05) is 0 Å². The summed E-state index contributed by atoms with van der Waals surface area (Å²) in [5.41, 5.74) is 16.8. The fourth-order valence-corrected chi connectivity index (χ4v) is 7.73. The van der Waals surface area contributed by atoms with Crippen LogP contribution in [0.3, 0.4) is 0 Å². The molecule has 0 bridgehead atoms. The van der Waals surface area contributed by atoms with Gasteiger partial charge in [-0.15, -0.1) is 0 Å². The van der Waals surface area contributed by atoms with Gasteiger partial charge in [0.2, 0.25) is 0 Å². The molecule has 0 fully saturated rings. The molecule has 2 aliphatic rings. The van der Waals surface area contributed by atoms with Gasteiger partial charge in [0.05, 0.1) is 0 Å². The average molecular weight is 457 g/mol. The van der Waals surface area contributed by atoms with Crippen LogP contribution in [0.5, 0.6) is 0 Å². The summed E-state index contributed by atoms with van der Waals surface area (Å²) in [4.78, 5) is 0. The van der Waals surface area contributed by atoms with Crippen molar-refractivity contribution in [3.63, 3.8) is 0 Å². The molecule has 0 spiro atoms. The molecule has 2 aliphatic carbocycles. The molecule has 0 heterocycles. The molecule has 0 radical (unpaired) electrons. The lowest BCUT2D eigenvalue weighted by Gasteiger charge is -2.17. The van der Waals surface area contributed by atoms with Crippen molar-refractivity contribution in [3.05, 3.63) is 95.1 Å². The molecular formula is C36H24. The molecule has 0 unspecified atom stereocenters. The van der Waals surface area contributed by atoms with E-state index in [9.17, 15) is 0 Å². The molecule has 0 amide bonds. The highest BCUT2D eigenvalue weighted by Gasteiger charge is 2.30. The standard InChI is InChI=1S/C36H24/c1-17-5-6-18(2)30-26-14-10-22-24-12-16-28-32-20(4)8-7-19(3)31(32)27-15-11-23(34(24)36(27)28)21-9-13-25(29(17)30)35(26)33(21)22/h5-16H,1-4H3. The number of rotatable bonds is 0. The minimum atomic E-state index is 1.37. The van der Waals surface area contributed by atoms with Crippen LogP contribution < -0.4 is 0 Å². The zero-order chi connectivity index (χ0) is 24.0. The van der Waals surface area contributed by atoms with Gasteiger partial charge in [-0.05, 0) is 138 Å². The van der Waals surface area contributed by atoms with Gasteiger partial charge in [-0.25, -0.2) is 0 Å². The first-order chi connectivity index (χ1) is 17.5. The van der Waals surface area contributed by atoms with Crippen LogP contribution in [-0.4, -0.2) is 0 Å². The Kier molecular flexibility index (Phi) is 3.16. The Morgan fingerprint density at radius 3 is 0.778 bits per heavy atom. The summed E-state index contributed by atoms with van der Waals surface area (Å²) in [5, 5.41) is 11.3. The second-order valence-corrected chi connectivity index (χ2v) is 11.0. The van der Waals surface area contributed by atoms with Crippen LogP contribution in [0.2, 0.25) is 0 Å². The third kappa shape index (κ3) is 1.92. The van der Waals surface area contributed by atoms with Crippen LogP contribution in [0.1, 0.15) is 22.3 Å². The van der Waals surface area contributed by atoms with E-state index < -0.39 is 0 Å². The van der Waals surface area contributed by atoms with Gasteiger partial charge in [-0.3, -0.25) is 0 Å². The number of hydrogen-bond donors (Lipinski definition) is 0. The van der Waals surface area contributed by atoms with Gasteiger partial charge in [0.1, 0.15) is 0 Å². The van der Waals surface area contributed by atoms with Gasteiger partial charge in [0.15, 0.2) is 0 Å². The number of aryl methyl sites for hydroxylation is 4. The number of benzene rings is 7. The Bertz CT molecular complexity index is 1870. The topological polar surface area (TPSA) is 0 Å². The molecule has 9 rings (SSSR count). The van der Waals surface area contributed by atoms with E-state index in [1.165, 1.54) is 110 Å². The van der Waals surface area contributed by atoms with E-state index in [0.29, 0.717) is 0 Å². The maximum atomic E-state index is 2.40. The molecule has 0 aliphatic heterocycles. The molecule has 0 aromatic heterocycles. The highest BCUT2D eigenvalue weighted by atomic mass is 14.3. The van der Waals surface area contributed by atoms with Gasteiger partial charge in [-0.1, -0.05) is 72.8 Å². The second-order valence-electron chi connectivity index (χ2n) is 11.0. The Hall–Kier alpha value is -4.16. The SMILES string of the molecule is Cc1ccc(C)c2c1-c1ccc3c4ccc5c6c(ccc(c7ccc-2c1c37)c64)-c1c(C)ccc(C)c1-5. The molecule has 0 heteroatoms. The molecule has 36 heavy (non-hydrogen) atoms. The van der Waals surface area contributed by atoms with Crippen molar-refractivity contribution in [2.45, 2.75) is 27.7 Å². The molecule has 0 saturated heterocycles. The first-order valence-corrected chi connectivity index (χ1v) is 13.0. The van der Waals surface area contributed by atoms with Gasteiger partial charge >= 0.3 is 0 Å². The van der Waals surface area contributed by atoms with Gasteiger partial charge in [0, 0.05) is 0 Å². The van der Waals surface area contributed by atoms with Crippen molar-refractivity contribution < 1.29 is 0 Å². The van der Waals surface area contributed by atoms with Crippen molar-refractivity contribution >= 4 is 43.1 Å². The molecular weight excluding hydrogens is 432 g/mol. The van der Waals surface area contributed by atoms with E-state index in [2.05, 4.69) is 100 Å². The maximum absolute atomic E-state index is 2.40. The first-order valence-electron chi connectivity index (χ1n) is 13.0. The van der Waals surface area contributed by atoms with E-state index in [-0.39, 0.29) is 0 Å². The molecule has 7 aromatic rings. The molecule has 0 N–H and O–H groups in total. The van der Waals surface area contributed by atoms with Crippen molar-refractivity contribution in [1.29, 1.82) is 0 Å². The quantitative estimate of drug-likeness (QED) is 0.157. The summed E-state index contributed by atoms with van der Waals surface area (Å²) in [7, 11) is 0. The normalized spacial score (nSPS) is 13.0. The van der Waals surface area contributed by atoms with Crippen molar-refractivity contribution in [1.82, 2.24) is 0 Å². The summed E-state index contributed by atoms with van der Waals surface area (Å²) >= 11 is 0. The zero-order valence-electron chi connectivity index (χ0n) is 20.9. The van der Waals surface area contributed by atoms with Crippen LogP contribution >= 0.6 is 0 Å². The van der Waals surface area contributed by atoms with Gasteiger partial charge in [0.25, 0.3) is 0 Å². The Labute approximate surface area is 210 Å². The Morgan fingerprint density at radius 2 is 0.528 bits per heavy atom. The highest BCUT2D eigenvalue weighted by molar-refractivity contribution is 6.40. The van der Waals surface area contributed by atoms with Crippen LogP contribution in [0.25, 0.3) is 87.6 Å². The monoisotopic (exact) mass is 456 g/mol. The predicted molar refractivity (Wildman–Crippen MR) is 155 cm³/mol. The minimum Gasteiger partial charge on any atom is -0.0584 e. The summed E-state index contributed by atoms with van der Waals surface area (Å²) in [5.74, 6) is 0. The summed E-state index contributed by atoms with van der Waals surface area (Å²) < 4.78 is 0.